The minimum absolute atomic E-state index is 0.0426. The summed E-state index contributed by atoms with van der Waals surface area (Å²) < 4.78 is 31.4. The number of methoxy groups -OCH3 is 1. The van der Waals surface area contributed by atoms with Crippen molar-refractivity contribution < 1.29 is 32.6 Å². The maximum absolute atomic E-state index is 12.3. The summed E-state index contributed by atoms with van der Waals surface area (Å²) in [6, 6.07) is 4.83. The topological polar surface area (TPSA) is 114 Å². The van der Waals surface area contributed by atoms with Crippen LogP contribution < -0.4 is 4.52 Å². The summed E-state index contributed by atoms with van der Waals surface area (Å²) >= 11 is 0. The van der Waals surface area contributed by atoms with Crippen LogP contribution in [0, 0.1) is 10.1 Å². The number of phosphoric acid groups is 1. The van der Waals surface area contributed by atoms with Crippen molar-refractivity contribution in [2.75, 3.05) is 14.2 Å². The highest BCUT2D eigenvalue weighted by Gasteiger charge is 2.29. The molecule has 1 aromatic rings. The second-order valence-corrected chi connectivity index (χ2v) is 5.47. The Morgan fingerprint density at radius 1 is 1.27 bits per heavy atom. The first-order chi connectivity index (χ1) is 10.3. The number of ether oxygens (including phenoxy) is 1. The molecule has 1 atom stereocenters. The highest BCUT2D eigenvalue weighted by molar-refractivity contribution is 7.49. The number of hydrogen-bond acceptors (Lipinski definition) is 8. The molecule has 0 N–H and O–H groups in total. The van der Waals surface area contributed by atoms with Crippen LogP contribution in [0.15, 0.2) is 36.1 Å². The van der Waals surface area contributed by atoms with Gasteiger partial charge in [-0.25, -0.2) is 9.36 Å². The van der Waals surface area contributed by atoms with Gasteiger partial charge >= 0.3 is 13.8 Å². The van der Waals surface area contributed by atoms with Gasteiger partial charge in [-0.1, -0.05) is 0 Å². The SMILES string of the molecule is COC(=O)/C=C(\C)OP(=O)(OC)Oc1ccc([N+](=O)[O-])cc1. The van der Waals surface area contributed by atoms with Crippen molar-refractivity contribution >= 4 is 19.5 Å². The molecule has 0 radical (unpaired) electrons. The number of hydrogen-bond donors (Lipinski definition) is 0. The average Bonchev–Trinajstić information content (AvgIpc) is 2.47. The number of rotatable bonds is 7. The van der Waals surface area contributed by atoms with Gasteiger partial charge in [0.05, 0.1) is 18.1 Å². The third kappa shape index (κ3) is 5.19. The normalized spacial score (nSPS) is 13.9. The van der Waals surface area contributed by atoms with E-state index in [1.165, 1.54) is 38.3 Å². The molecule has 0 spiro atoms. The van der Waals surface area contributed by atoms with E-state index >= 15 is 0 Å². The number of nitrogens with zero attached hydrogens (tertiary/aromatic N) is 1. The van der Waals surface area contributed by atoms with Crippen LogP contribution in [-0.4, -0.2) is 25.1 Å². The van der Waals surface area contributed by atoms with Gasteiger partial charge in [0, 0.05) is 19.2 Å². The second kappa shape index (κ2) is 7.58. The van der Waals surface area contributed by atoms with Crippen molar-refractivity contribution in [2.45, 2.75) is 6.92 Å². The summed E-state index contributed by atoms with van der Waals surface area (Å²) in [5, 5.41) is 10.5. The number of phosphoric ester groups is 1. The highest BCUT2D eigenvalue weighted by atomic mass is 31.2. The van der Waals surface area contributed by atoms with E-state index in [0.717, 1.165) is 13.2 Å². The van der Waals surface area contributed by atoms with Gasteiger partial charge in [-0.2, -0.15) is 0 Å². The summed E-state index contributed by atoms with van der Waals surface area (Å²) in [6.07, 6.45) is 0.963. The van der Waals surface area contributed by atoms with Crippen LogP contribution in [0.4, 0.5) is 5.69 Å². The number of esters is 1. The lowest BCUT2D eigenvalue weighted by molar-refractivity contribution is -0.384. The van der Waals surface area contributed by atoms with Gasteiger partial charge in [0.2, 0.25) is 0 Å². The molecule has 1 unspecified atom stereocenters. The Bertz CT molecular complexity index is 625. The van der Waals surface area contributed by atoms with E-state index in [0.29, 0.717) is 0 Å². The molecule has 0 saturated heterocycles. The molecule has 22 heavy (non-hydrogen) atoms. The predicted octanol–water partition coefficient (Wildman–Crippen LogP) is 2.82. The fourth-order valence-corrected chi connectivity index (χ4v) is 2.25. The molecule has 10 heteroatoms. The molecule has 0 amide bonds. The van der Waals surface area contributed by atoms with Gasteiger partial charge < -0.3 is 13.8 Å². The standard InChI is InChI=1S/C12H14NO8P/c1-9(8-12(14)18-2)20-22(17,19-3)21-11-6-4-10(5-7-11)13(15)16/h4-8H,1-3H3/b9-8+. The minimum Gasteiger partial charge on any atom is -0.466 e. The van der Waals surface area contributed by atoms with Crippen molar-refractivity contribution in [3.63, 3.8) is 0 Å². The molecule has 120 valence electrons. The zero-order valence-electron chi connectivity index (χ0n) is 12.0. The lowest BCUT2D eigenvalue weighted by Crippen LogP contribution is -2.02. The Labute approximate surface area is 126 Å². The van der Waals surface area contributed by atoms with Gasteiger partial charge in [-0.3, -0.25) is 14.6 Å². The smallest absolute Gasteiger partial charge is 0.466 e. The van der Waals surface area contributed by atoms with E-state index in [-0.39, 0.29) is 17.2 Å². The fourth-order valence-electron chi connectivity index (χ4n) is 1.28. The van der Waals surface area contributed by atoms with Gasteiger partial charge in [-0.15, -0.1) is 0 Å². The summed E-state index contributed by atoms with van der Waals surface area (Å²) in [5.41, 5.74) is -0.151. The van der Waals surface area contributed by atoms with E-state index in [1.807, 2.05) is 0 Å². The zero-order chi connectivity index (χ0) is 16.8. The monoisotopic (exact) mass is 331 g/mol. The van der Waals surface area contributed by atoms with Crippen LogP contribution >= 0.6 is 7.82 Å². The molecule has 0 aliphatic heterocycles. The first kappa shape index (κ1) is 17.7. The van der Waals surface area contributed by atoms with E-state index < -0.39 is 18.7 Å². The first-order valence-corrected chi connectivity index (χ1v) is 7.31. The molecular formula is C12H14NO8P. The van der Waals surface area contributed by atoms with Crippen LogP contribution in [0.25, 0.3) is 0 Å². The fraction of sp³-hybridized carbons (Fsp3) is 0.250. The summed E-state index contributed by atoms with van der Waals surface area (Å²) in [6.45, 7) is 1.36. The molecule has 9 nitrogen and oxygen atoms in total. The third-order valence-corrected chi connectivity index (χ3v) is 3.66. The lowest BCUT2D eigenvalue weighted by Gasteiger charge is -2.17. The predicted molar refractivity (Wildman–Crippen MR) is 75.2 cm³/mol. The summed E-state index contributed by atoms with van der Waals surface area (Å²) in [7, 11) is -1.76. The lowest BCUT2D eigenvalue weighted by atomic mass is 10.3. The minimum atomic E-state index is -4.03. The van der Waals surface area contributed by atoms with Crippen LogP contribution in [0.3, 0.4) is 0 Å². The molecule has 0 aliphatic rings. The van der Waals surface area contributed by atoms with E-state index in [9.17, 15) is 19.5 Å². The van der Waals surface area contributed by atoms with E-state index in [4.69, 9.17) is 9.05 Å². The molecule has 0 saturated carbocycles. The zero-order valence-corrected chi connectivity index (χ0v) is 12.9. The molecule has 0 aliphatic carbocycles. The molecule has 0 heterocycles. The van der Waals surface area contributed by atoms with Crippen LogP contribution in [-0.2, 0) is 23.1 Å². The number of benzene rings is 1. The Hall–Kier alpha value is -2.38. The van der Waals surface area contributed by atoms with Crippen molar-refractivity contribution in [3.05, 3.63) is 46.2 Å². The number of allylic oxidation sites excluding steroid dienone is 1. The third-order valence-electron chi connectivity index (χ3n) is 2.27. The molecule has 0 fully saturated rings. The molecule has 1 aromatic carbocycles. The quantitative estimate of drug-likeness (QED) is 0.187. The Balaban J connectivity index is 2.86. The van der Waals surface area contributed by atoms with Gasteiger partial charge in [0.1, 0.15) is 11.5 Å². The van der Waals surface area contributed by atoms with Crippen LogP contribution in [0.2, 0.25) is 0 Å². The van der Waals surface area contributed by atoms with E-state index in [1.54, 1.807) is 0 Å². The highest BCUT2D eigenvalue weighted by Crippen LogP contribution is 2.50. The second-order valence-electron chi connectivity index (χ2n) is 3.84. The maximum atomic E-state index is 12.3. The maximum Gasteiger partial charge on any atom is 0.586 e. The number of nitro benzene ring substituents is 1. The average molecular weight is 331 g/mol. The molecule has 0 aromatic heterocycles. The Kier molecular flexibility index (Phi) is 6.09. The van der Waals surface area contributed by atoms with E-state index in [2.05, 4.69) is 9.26 Å². The van der Waals surface area contributed by atoms with Gasteiger partial charge in [0.25, 0.3) is 5.69 Å². The summed E-state index contributed by atoms with van der Waals surface area (Å²) in [4.78, 5) is 21.0. The van der Waals surface area contributed by atoms with Gasteiger partial charge in [-0.05, 0) is 19.1 Å². The van der Waals surface area contributed by atoms with Crippen molar-refractivity contribution in [1.82, 2.24) is 0 Å². The summed E-state index contributed by atoms with van der Waals surface area (Å²) in [5.74, 6) is -0.698. The van der Waals surface area contributed by atoms with Gasteiger partial charge in [0.15, 0.2) is 0 Å². The van der Waals surface area contributed by atoms with Crippen molar-refractivity contribution in [2.24, 2.45) is 0 Å². The number of carbonyl (C=O) groups is 1. The van der Waals surface area contributed by atoms with Crippen molar-refractivity contribution in [1.29, 1.82) is 0 Å². The largest absolute Gasteiger partial charge is 0.586 e. The Morgan fingerprint density at radius 2 is 1.86 bits per heavy atom. The van der Waals surface area contributed by atoms with Crippen LogP contribution in [0.1, 0.15) is 6.92 Å². The molecular weight excluding hydrogens is 317 g/mol. The first-order valence-electron chi connectivity index (χ1n) is 5.85. The number of carbonyl (C=O) groups excluding carboxylic acids is 1. The Morgan fingerprint density at radius 3 is 2.32 bits per heavy atom. The molecule has 1 rings (SSSR count). The number of nitro groups is 1. The van der Waals surface area contributed by atoms with Crippen molar-refractivity contribution in [3.8, 4) is 5.75 Å². The number of non-ortho nitro benzene ring substituents is 1. The molecule has 0 bridgehead atoms. The van der Waals surface area contributed by atoms with Crippen LogP contribution in [0.5, 0.6) is 5.75 Å².